The van der Waals surface area contributed by atoms with Gasteiger partial charge >= 0.3 is 47.8 Å². The van der Waals surface area contributed by atoms with Gasteiger partial charge in [-0.1, -0.05) is 0 Å². The van der Waals surface area contributed by atoms with Crippen LogP contribution in [0.15, 0.2) is 72.8 Å². The molecule has 0 amide bonds. The number of ether oxygens (including phenoxy) is 12. The molecular weight excluding hydrogens is 1520 g/mol. The van der Waals surface area contributed by atoms with Gasteiger partial charge in [-0.2, -0.15) is 0 Å². The predicted octanol–water partition coefficient (Wildman–Crippen LogP) is 2.19. The number of hydrogen-bond acceptors (Lipinski definition) is 44. The van der Waals surface area contributed by atoms with Crippen LogP contribution in [0.5, 0.6) is 149 Å². The number of esters is 8. The molecule has 7 heterocycles. The highest BCUT2D eigenvalue weighted by Crippen LogP contribution is 2.56. The molecule has 15 rings (SSSR count). The highest BCUT2D eigenvalue weighted by molar-refractivity contribution is 6.09. The molecule has 44 nitrogen and oxygen atoms in total. The zero-order valence-electron chi connectivity index (χ0n) is 55.0. The third kappa shape index (κ3) is 13.5. The van der Waals surface area contributed by atoms with E-state index in [0.717, 1.165) is 0 Å². The molecule has 586 valence electrons. The van der Waals surface area contributed by atoms with Gasteiger partial charge in [0.1, 0.15) is 36.0 Å². The van der Waals surface area contributed by atoms with Gasteiger partial charge in [0.2, 0.25) is 70.8 Å². The first-order chi connectivity index (χ1) is 52.8. The second-order valence-corrected chi connectivity index (χ2v) is 24.1. The van der Waals surface area contributed by atoms with Crippen molar-refractivity contribution in [3.05, 3.63) is 117 Å². The largest absolute Gasteiger partial charge is 0.504 e. The fraction of sp³-hybridized carbons (Fsp3) is 0.176. The minimum absolute atomic E-state index is 0.169. The van der Waals surface area contributed by atoms with Crippen LogP contribution >= 0.6 is 0 Å². The standard InChI is InChI=1S/C68H50O44/c69-13-35-45(88)55(107-59(93)15-1-23(70)39(82)24(71)2-15)57-67(102-35)111-61(95)17-5-31(78)53(32(79)6-17)105-51-22(12-30(77)44(87)49(51)92)66(100)110-58-56(108-60(94)16-3-25(72)40(83)26(73)4-16)54-36(14-101-63(97)19-9-27(74)41(84)46(89)37(19)38-20(64(98)106-54)10-28(75)42(85)47(38)90)103-68(58)112-62(96)18-7-33(80)52(34(81)8-18)104-50-21(65(99)109-57)11-29(76)43(86)48(50)91/h1-12,35-36,45,54-58,67-92H,13-14H2. The first-order valence-electron chi connectivity index (χ1n) is 31.1. The normalized spacial score (nSPS) is 21.2. The molecule has 0 saturated carbocycles. The predicted molar refractivity (Wildman–Crippen MR) is 345 cm³/mol. The SMILES string of the molecule is O=C1OC2OC(CO)C(O)C(OC(=O)c3cc(O)c(O)c(O)c3)C2OC(=O)c2cc(O)c(O)c(O)c2Oc2c(O)cc(cc2O)C(=O)OC2OC3COC(=O)c4cc(O)c(O)c(O)c4-c4c(cc(O)c(O)c4O)C(=O)OC3C(OC(=O)c3cc(O)c(O)c(O)c3)C2OC(=O)c2cc(O)c(O)c(O)c2Oc2c(O)cc1cc2O. The van der Waals surface area contributed by atoms with Crippen molar-refractivity contribution in [3.8, 4) is 161 Å². The van der Waals surface area contributed by atoms with E-state index < -0.39 is 328 Å². The first kappa shape index (κ1) is 76.2. The number of phenolic OH excluding ortho intramolecular Hbond substituents is 22. The molecule has 0 spiro atoms. The van der Waals surface area contributed by atoms with Crippen molar-refractivity contribution in [2.75, 3.05) is 13.2 Å². The third-order valence-corrected chi connectivity index (χ3v) is 17.1. The van der Waals surface area contributed by atoms with E-state index in [9.17, 15) is 151 Å². The Morgan fingerprint density at radius 2 is 0.670 bits per heavy atom. The molecule has 8 aromatic rings. The minimum atomic E-state index is -3.04. The lowest BCUT2D eigenvalue weighted by molar-refractivity contribution is -0.283. The highest BCUT2D eigenvalue weighted by Gasteiger charge is 2.57. The Kier molecular flexibility index (Phi) is 19.5. The number of fused-ring (bicyclic) bond motifs is 4. The Morgan fingerprint density at radius 1 is 0.339 bits per heavy atom. The highest BCUT2D eigenvalue weighted by atomic mass is 16.8. The van der Waals surface area contributed by atoms with Crippen molar-refractivity contribution >= 4 is 47.8 Å². The van der Waals surface area contributed by atoms with E-state index in [2.05, 4.69) is 0 Å². The van der Waals surface area contributed by atoms with Crippen molar-refractivity contribution < 1.29 is 218 Å². The molecule has 7 aliphatic heterocycles. The van der Waals surface area contributed by atoms with Crippen molar-refractivity contribution in [1.82, 2.24) is 0 Å². The van der Waals surface area contributed by atoms with Crippen molar-refractivity contribution in [1.29, 1.82) is 0 Å². The number of hydrogen-bond donors (Lipinski definition) is 24. The van der Waals surface area contributed by atoms with E-state index in [1.807, 2.05) is 0 Å². The molecule has 2 fully saturated rings. The van der Waals surface area contributed by atoms with E-state index in [1.165, 1.54) is 0 Å². The molecule has 10 atom stereocenters. The van der Waals surface area contributed by atoms with Gasteiger partial charge < -0.3 is 179 Å². The van der Waals surface area contributed by atoms with Crippen LogP contribution in [0.1, 0.15) is 82.9 Å². The lowest BCUT2D eigenvalue weighted by Gasteiger charge is -2.43. The Balaban J connectivity index is 1.04. The van der Waals surface area contributed by atoms with Gasteiger partial charge in [-0.15, -0.1) is 0 Å². The number of carbonyl (C=O) groups is 8. The number of rotatable bonds is 5. The Morgan fingerprint density at radius 3 is 1.07 bits per heavy atom. The second-order valence-electron chi connectivity index (χ2n) is 24.1. The Bertz CT molecular complexity index is 5260. The molecule has 4 bridgehead atoms. The van der Waals surface area contributed by atoms with E-state index >= 15 is 9.59 Å². The number of benzene rings is 8. The summed E-state index contributed by atoms with van der Waals surface area (Å²) >= 11 is 0. The number of aliphatic hydroxyl groups is 2. The van der Waals surface area contributed by atoms with E-state index in [4.69, 9.17) is 56.8 Å². The first-order valence-corrected chi connectivity index (χ1v) is 31.1. The molecule has 2 saturated heterocycles. The van der Waals surface area contributed by atoms with Crippen LogP contribution in [0.2, 0.25) is 0 Å². The Labute approximate surface area is 616 Å². The molecule has 24 N–H and O–H groups in total. The fourth-order valence-corrected chi connectivity index (χ4v) is 11.6. The molecule has 0 aliphatic carbocycles. The van der Waals surface area contributed by atoms with Crippen molar-refractivity contribution in [2.45, 2.75) is 61.4 Å². The van der Waals surface area contributed by atoms with Gasteiger partial charge in [0.15, 0.2) is 122 Å². The summed E-state index contributed by atoms with van der Waals surface area (Å²) in [5, 5.41) is 262. The van der Waals surface area contributed by atoms with Crippen LogP contribution in [0.3, 0.4) is 0 Å². The van der Waals surface area contributed by atoms with Crippen LogP contribution in [-0.2, 0) is 47.4 Å². The summed E-state index contributed by atoms with van der Waals surface area (Å²) in [5.74, 6) is -53.5. The molecular formula is C68H50O44. The zero-order valence-corrected chi connectivity index (χ0v) is 55.0. The summed E-state index contributed by atoms with van der Waals surface area (Å²) in [5.41, 5.74) is -11.9. The Hall–Kier alpha value is -15.4. The maximum Gasteiger partial charge on any atom is 0.342 e. The molecule has 112 heavy (non-hydrogen) atoms. The fourth-order valence-electron chi connectivity index (χ4n) is 11.6. The second kappa shape index (κ2) is 28.7. The van der Waals surface area contributed by atoms with E-state index in [1.54, 1.807) is 0 Å². The average Bonchev–Trinajstić information content (AvgIpc) is 1.20. The number of phenols is 22. The number of carbonyl (C=O) groups excluding carboxylic acids is 8. The number of aliphatic hydroxyl groups excluding tert-OH is 2. The monoisotopic (exact) mass is 1570 g/mol. The van der Waals surface area contributed by atoms with Gasteiger partial charge in [0.25, 0.3) is 0 Å². The summed E-state index contributed by atoms with van der Waals surface area (Å²) in [7, 11) is 0. The van der Waals surface area contributed by atoms with E-state index in [-0.39, 0.29) is 30.3 Å². The summed E-state index contributed by atoms with van der Waals surface area (Å²) in [4.78, 5) is 117. The lowest BCUT2D eigenvalue weighted by Crippen LogP contribution is -2.63. The molecule has 8 aromatic carbocycles. The molecule has 0 aromatic heterocycles. The van der Waals surface area contributed by atoms with Gasteiger partial charge in [-0.25, -0.2) is 38.4 Å². The summed E-state index contributed by atoms with van der Waals surface area (Å²) in [6.45, 7) is -2.86. The smallest absolute Gasteiger partial charge is 0.342 e. The van der Waals surface area contributed by atoms with Gasteiger partial charge in [-0.3, -0.25) is 0 Å². The van der Waals surface area contributed by atoms with Crippen LogP contribution in [-0.4, -0.2) is 245 Å². The molecule has 44 heteroatoms. The van der Waals surface area contributed by atoms with Gasteiger partial charge in [0.05, 0.1) is 40.0 Å². The lowest BCUT2D eigenvalue weighted by atomic mass is 9.92. The number of cyclic esters (lactones) is 1. The summed E-state index contributed by atoms with van der Waals surface area (Å²) < 4.78 is 67.4. The van der Waals surface area contributed by atoms with E-state index in [0.29, 0.717) is 42.5 Å². The summed E-state index contributed by atoms with van der Waals surface area (Å²) in [6.07, 6.45) is -26.9. The topological polar surface area (TPSA) is 733 Å². The molecule has 7 aliphatic rings. The van der Waals surface area contributed by atoms with Gasteiger partial charge in [0, 0.05) is 23.3 Å². The van der Waals surface area contributed by atoms with Crippen LogP contribution in [0.25, 0.3) is 11.1 Å². The van der Waals surface area contributed by atoms with Crippen molar-refractivity contribution in [3.63, 3.8) is 0 Å². The maximum absolute atomic E-state index is 15.3. The average molecular weight is 1570 g/mol. The maximum atomic E-state index is 15.3. The van der Waals surface area contributed by atoms with Crippen LogP contribution in [0, 0.1) is 0 Å². The third-order valence-electron chi connectivity index (χ3n) is 17.1. The van der Waals surface area contributed by atoms with Gasteiger partial charge in [-0.05, 0) is 60.7 Å². The quantitative estimate of drug-likeness (QED) is 0.0667. The molecule has 0 radical (unpaired) electrons. The molecule has 10 unspecified atom stereocenters. The number of aromatic hydroxyl groups is 22. The summed E-state index contributed by atoms with van der Waals surface area (Å²) in [6, 6.07) is 4.02. The minimum Gasteiger partial charge on any atom is -0.504 e. The zero-order chi connectivity index (χ0) is 81.6. The van der Waals surface area contributed by atoms with Crippen molar-refractivity contribution in [2.24, 2.45) is 0 Å². The van der Waals surface area contributed by atoms with Crippen LogP contribution in [0.4, 0.5) is 0 Å². The van der Waals surface area contributed by atoms with Crippen LogP contribution < -0.4 is 9.47 Å².